The summed E-state index contributed by atoms with van der Waals surface area (Å²) in [6, 6.07) is 20.2. The number of fused-ring (bicyclic) bond motifs is 1. The Morgan fingerprint density at radius 1 is 1.00 bits per heavy atom. The molecule has 6 rings (SSSR count). The van der Waals surface area contributed by atoms with Crippen LogP contribution in [0.3, 0.4) is 0 Å². The van der Waals surface area contributed by atoms with Gasteiger partial charge in [-0.25, -0.2) is 23.5 Å². The van der Waals surface area contributed by atoms with Crippen LogP contribution < -0.4 is 4.74 Å². The molecule has 0 aliphatic heterocycles. The summed E-state index contributed by atoms with van der Waals surface area (Å²) in [4.78, 5) is 20.9. The summed E-state index contributed by atoms with van der Waals surface area (Å²) in [5, 5.41) is 9.51. The number of carboxylic acids is 1. The van der Waals surface area contributed by atoms with Crippen LogP contribution >= 0.6 is 0 Å². The molecule has 1 aliphatic rings. The van der Waals surface area contributed by atoms with Crippen molar-refractivity contribution in [3.05, 3.63) is 113 Å². The summed E-state index contributed by atoms with van der Waals surface area (Å²) in [6.07, 6.45) is 2.48. The molecule has 1 atom stereocenters. The average molecular weight is 554 g/mol. The molecule has 0 unspecified atom stereocenters. The van der Waals surface area contributed by atoms with E-state index in [9.17, 15) is 14.3 Å². The van der Waals surface area contributed by atoms with Gasteiger partial charge in [-0.15, -0.1) is 0 Å². The molecule has 2 aromatic heterocycles. The normalized spacial score (nSPS) is 13.9. The SMILES string of the molecule is Cc1ccc(COc2cccc(-c3ccc(Cc4nc5ccc(C(=O)O)cc5n4[C@@H](C)C4CC4)c(F)c3)n2)c(F)c1. The summed E-state index contributed by atoms with van der Waals surface area (Å²) in [5.74, 6) is -0.203. The first-order valence-electron chi connectivity index (χ1n) is 13.6. The van der Waals surface area contributed by atoms with E-state index in [0.29, 0.717) is 45.5 Å². The van der Waals surface area contributed by atoms with Crippen LogP contribution in [-0.4, -0.2) is 25.6 Å². The maximum absolute atomic E-state index is 15.5. The Bertz CT molecular complexity index is 1780. The van der Waals surface area contributed by atoms with Gasteiger partial charge in [-0.05, 0) is 80.1 Å². The van der Waals surface area contributed by atoms with Crippen molar-refractivity contribution in [2.75, 3.05) is 0 Å². The summed E-state index contributed by atoms with van der Waals surface area (Å²) >= 11 is 0. The van der Waals surface area contributed by atoms with Crippen molar-refractivity contribution >= 4 is 17.0 Å². The van der Waals surface area contributed by atoms with E-state index in [1.54, 1.807) is 48.5 Å². The zero-order chi connectivity index (χ0) is 28.7. The molecule has 6 nitrogen and oxygen atoms in total. The lowest BCUT2D eigenvalue weighted by atomic mass is 10.0. The highest BCUT2D eigenvalue weighted by Crippen LogP contribution is 2.41. The predicted octanol–water partition coefficient (Wildman–Crippen LogP) is 7.52. The largest absolute Gasteiger partial charge is 0.478 e. The minimum atomic E-state index is -0.993. The van der Waals surface area contributed by atoms with Crippen LogP contribution in [-0.2, 0) is 13.0 Å². The number of halogens is 2. The number of carboxylic acid groups (broad SMARTS) is 1. The molecule has 1 N–H and O–H groups in total. The Labute approximate surface area is 236 Å². The van der Waals surface area contributed by atoms with E-state index in [1.807, 2.05) is 19.1 Å². The molecule has 208 valence electrons. The minimum absolute atomic E-state index is 0.0318. The molecular weight excluding hydrogens is 524 g/mol. The van der Waals surface area contributed by atoms with Crippen molar-refractivity contribution in [2.45, 2.75) is 45.8 Å². The van der Waals surface area contributed by atoms with Crippen LogP contribution in [0.5, 0.6) is 5.88 Å². The highest BCUT2D eigenvalue weighted by atomic mass is 19.1. The Balaban J connectivity index is 1.25. The van der Waals surface area contributed by atoms with Gasteiger partial charge in [0.25, 0.3) is 0 Å². The van der Waals surface area contributed by atoms with E-state index >= 15 is 4.39 Å². The maximum atomic E-state index is 15.5. The van der Waals surface area contributed by atoms with Crippen LogP contribution in [0.1, 0.15) is 58.7 Å². The van der Waals surface area contributed by atoms with E-state index in [2.05, 4.69) is 16.5 Å². The summed E-state index contributed by atoms with van der Waals surface area (Å²) in [6.45, 7) is 3.97. The second-order valence-corrected chi connectivity index (χ2v) is 10.7. The van der Waals surface area contributed by atoms with E-state index in [-0.39, 0.29) is 36.3 Å². The lowest BCUT2D eigenvalue weighted by Gasteiger charge is -2.18. The molecule has 0 bridgehead atoms. The first kappa shape index (κ1) is 26.6. The van der Waals surface area contributed by atoms with Gasteiger partial charge in [0.1, 0.15) is 24.1 Å². The number of ether oxygens (including phenoxy) is 1. The van der Waals surface area contributed by atoms with Crippen molar-refractivity contribution in [1.82, 2.24) is 14.5 Å². The standard InChI is InChI=1S/C33H29F2N3O3/c1-19-6-7-25(26(34)14-19)18-41-32-5-3-4-28(37-32)23-11-10-22(27(35)15-23)17-31-36-29-13-12-24(33(39)40)16-30(29)38(31)20(2)21-8-9-21/h3-7,10-16,20-21H,8-9,17-18H2,1-2H3,(H,39,40)/t20-/m0/s1. The summed E-state index contributed by atoms with van der Waals surface area (Å²) in [7, 11) is 0. The highest BCUT2D eigenvalue weighted by molar-refractivity contribution is 5.92. The van der Waals surface area contributed by atoms with Crippen LogP contribution in [0.4, 0.5) is 8.78 Å². The first-order chi connectivity index (χ1) is 19.8. The van der Waals surface area contributed by atoms with Gasteiger partial charge in [-0.1, -0.05) is 30.3 Å². The predicted molar refractivity (Wildman–Crippen MR) is 152 cm³/mol. The fraction of sp³-hybridized carbons (Fsp3) is 0.242. The number of pyridine rings is 1. The van der Waals surface area contributed by atoms with Crippen molar-refractivity contribution in [1.29, 1.82) is 0 Å². The third kappa shape index (κ3) is 5.55. The van der Waals surface area contributed by atoms with Crippen LogP contribution in [0, 0.1) is 24.5 Å². The lowest BCUT2D eigenvalue weighted by molar-refractivity contribution is 0.0697. The number of hydrogen-bond donors (Lipinski definition) is 1. The number of aromatic nitrogens is 3. The third-order valence-corrected chi connectivity index (χ3v) is 7.73. The van der Waals surface area contributed by atoms with Crippen LogP contribution in [0.25, 0.3) is 22.3 Å². The molecule has 0 spiro atoms. The van der Waals surface area contributed by atoms with E-state index in [0.717, 1.165) is 23.9 Å². The van der Waals surface area contributed by atoms with Gasteiger partial charge in [-0.3, -0.25) is 0 Å². The molecule has 8 heteroatoms. The molecule has 0 saturated heterocycles. The first-order valence-corrected chi connectivity index (χ1v) is 13.6. The fourth-order valence-electron chi connectivity index (χ4n) is 5.24. The summed E-state index contributed by atoms with van der Waals surface area (Å²) in [5.41, 5.74) is 4.51. The Morgan fingerprint density at radius 3 is 2.51 bits per heavy atom. The number of hydrogen-bond acceptors (Lipinski definition) is 4. The van der Waals surface area contributed by atoms with E-state index in [1.165, 1.54) is 12.1 Å². The molecule has 2 heterocycles. The molecule has 1 fully saturated rings. The van der Waals surface area contributed by atoms with E-state index < -0.39 is 5.97 Å². The molecule has 0 radical (unpaired) electrons. The number of nitrogens with zero attached hydrogens (tertiary/aromatic N) is 3. The van der Waals surface area contributed by atoms with E-state index in [4.69, 9.17) is 9.72 Å². The zero-order valence-electron chi connectivity index (χ0n) is 22.8. The highest BCUT2D eigenvalue weighted by Gasteiger charge is 2.32. The maximum Gasteiger partial charge on any atom is 0.335 e. The molecule has 41 heavy (non-hydrogen) atoms. The fourth-order valence-corrected chi connectivity index (χ4v) is 5.24. The number of carbonyl (C=O) groups is 1. The van der Waals surface area contributed by atoms with Gasteiger partial charge >= 0.3 is 5.97 Å². The second kappa shape index (κ2) is 10.8. The van der Waals surface area contributed by atoms with Gasteiger partial charge < -0.3 is 14.4 Å². The van der Waals surface area contributed by atoms with Gasteiger partial charge in [0, 0.05) is 29.7 Å². The number of imidazole rings is 1. The molecule has 1 aliphatic carbocycles. The van der Waals surface area contributed by atoms with Gasteiger partial charge in [0.15, 0.2) is 0 Å². The number of aryl methyl sites for hydroxylation is 1. The molecule has 1 saturated carbocycles. The Morgan fingerprint density at radius 2 is 1.78 bits per heavy atom. The van der Waals surface area contributed by atoms with Crippen molar-refractivity contribution in [3.8, 4) is 17.1 Å². The van der Waals surface area contributed by atoms with Crippen molar-refractivity contribution < 1.29 is 23.4 Å². The zero-order valence-corrected chi connectivity index (χ0v) is 22.8. The third-order valence-electron chi connectivity index (χ3n) is 7.73. The van der Waals surface area contributed by atoms with Crippen molar-refractivity contribution in [2.24, 2.45) is 5.92 Å². The average Bonchev–Trinajstić information content (AvgIpc) is 3.74. The monoisotopic (exact) mass is 553 g/mol. The molecule has 3 aromatic carbocycles. The summed E-state index contributed by atoms with van der Waals surface area (Å²) < 4.78 is 37.5. The minimum Gasteiger partial charge on any atom is -0.478 e. The topological polar surface area (TPSA) is 77.2 Å². The van der Waals surface area contributed by atoms with Crippen molar-refractivity contribution in [3.63, 3.8) is 0 Å². The van der Waals surface area contributed by atoms with Crippen LogP contribution in [0.2, 0.25) is 0 Å². The Hall–Kier alpha value is -4.59. The number of rotatable bonds is 9. The van der Waals surface area contributed by atoms with Gasteiger partial charge in [-0.2, -0.15) is 0 Å². The lowest BCUT2D eigenvalue weighted by Crippen LogP contribution is -2.12. The van der Waals surface area contributed by atoms with Crippen LogP contribution in [0.15, 0.2) is 72.8 Å². The van der Waals surface area contributed by atoms with Gasteiger partial charge in [0.05, 0.1) is 22.3 Å². The Kier molecular flexibility index (Phi) is 6.99. The molecule has 5 aromatic rings. The second-order valence-electron chi connectivity index (χ2n) is 10.7. The smallest absolute Gasteiger partial charge is 0.335 e. The number of benzene rings is 3. The number of aromatic carboxylic acids is 1. The molecule has 0 amide bonds. The van der Waals surface area contributed by atoms with Gasteiger partial charge in [0.2, 0.25) is 5.88 Å². The quantitative estimate of drug-likeness (QED) is 0.204. The molecular formula is C33H29F2N3O3.